The van der Waals surface area contributed by atoms with Gasteiger partial charge in [-0.15, -0.1) is 0 Å². The summed E-state index contributed by atoms with van der Waals surface area (Å²) in [6, 6.07) is 0.505. The summed E-state index contributed by atoms with van der Waals surface area (Å²) in [5.41, 5.74) is 6.27. The van der Waals surface area contributed by atoms with E-state index in [9.17, 15) is 0 Å². The lowest BCUT2D eigenvalue weighted by atomic mass is 9.84. The summed E-state index contributed by atoms with van der Waals surface area (Å²) >= 11 is 0. The normalized spacial score (nSPS) is 26.1. The smallest absolute Gasteiger partial charge is 0.00415 e. The van der Waals surface area contributed by atoms with Crippen molar-refractivity contribution in [2.75, 3.05) is 0 Å². The molecule has 0 saturated heterocycles. The van der Waals surface area contributed by atoms with Crippen LogP contribution in [0.3, 0.4) is 0 Å². The minimum absolute atomic E-state index is 0.505. The van der Waals surface area contributed by atoms with Crippen LogP contribution in [-0.4, -0.2) is 6.04 Å². The molecule has 0 aromatic carbocycles. The molecule has 0 radical (unpaired) electrons. The molecule has 2 fully saturated rings. The van der Waals surface area contributed by atoms with E-state index < -0.39 is 0 Å². The van der Waals surface area contributed by atoms with Gasteiger partial charge in [0.25, 0.3) is 0 Å². The van der Waals surface area contributed by atoms with Crippen LogP contribution in [-0.2, 0) is 0 Å². The highest BCUT2D eigenvalue weighted by atomic mass is 14.6. The molecule has 1 atom stereocenters. The van der Waals surface area contributed by atoms with Crippen LogP contribution in [0.25, 0.3) is 0 Å². The van der Waals surface area contributed by atoms with Crippen molar-refractivity contribution in [3.63, 3.8) is 0 Å². The Morgan fingerprint density at radius 1 is 0.812 bits per heavy atom. The van der Waals surface area contributed by atoms with Crippen LogP contribution in [0.4, 0.5) is 0 Å². The molecule has 16 heavy (non-hydrogen) atoms. The van der Waals surface area contributed by atoms with E-state index in [2.05, 4.69) is 0 Å². The molecule has 2 N–H and O–H groups in total. The largest absolute Gasteiger partial charge is 0.328 e. The van der Waals surface area contributed by atoms with Gasteiger partial charge in [-0.1, -0.05) is 57.8 Å². The first kappa shape index (κ1) is 12.4. The minimum atomic E-state index is 0.505. The molecule has 2 rings (SSSR count). The van der Waals surface area contributed by atoms with Crippen molar-refractivity contribution >= 4 is 0 Å². The van der Waals surface area contributed by atoms with Gasteiger partial charge in [-0.25, -0.2) is 0 Å². The van der Waals surface area contributed by atoms with Crippen LogP contribution in [0.2, 0.25) is 0 Å². The number of nitrogens with two attached hydrogens (primary N) is 1. The Morgan fingerprint density at radius 2 is 1.38 bits per heavy atom. The summed E-state index contributed by atoms with van der Waals surface area (Å²) in [4.78, 5) is 0. The number of hydrogen-bond donors (Lipinski definition) is 1. The highest BCUT2D eigenvalue weighted by Gasteiger charge is 2.19. The fourth-order valence-corrected chi connectivity index (χ4v) is 3.72. The van der Waals surface area contributed by atoms with Crippen molar-refractivity contribution < 1.29 is 0 Å². The van der Waals surface area contributed by atoms with Crippen LogP contribution >= 0.6 is 0 Å². The van der Waals surface area contributed by atoms with Crippen LogP contribution in [0.1, 0.15) is 77.0 Å². The molecule has 1 nitrogen and oxygen atoms in total. The third kappa shape index (κ3) is 4.08. The molecular weight excluding hydrogens is 194 g/mol. The molecule has 2 saturated carbocycles. The molecule has 0 aromatic rings. The zero-order chi connectivity index (χ0) is 11.2. The van der Waals surface area contributed by atoms with E-state index >= 15 is 0 Å². The molecule has 1 unspecified atom stereocenters. The van der Waals surface area contributed by atoms with Gasteiger partial charge in [0.05, 0.1) is 0 Å². The third-order valence-electron chi connectivity index (χ3n) is 4.78. The van der Waals surface area contributed by atoms with Crippen LogP contribution in [0, 0.1) is 11.8 Å². The molecule has 0 aromatic heterocycles. The van der Waals surface area contributed by atoms with Gasteiger partial charge in [0.15, 0.2) is 0 Å². The predicted molar refractivity (Wildman–Crippen MR) is 70.4 cm³/mol. The lowest BCUT2D eigenvalue weighted by molar-refractivity contribution is 0.312. The first-order valence-electron chi connectivity index (χ1n) is 7.60. The van der Waals surface area contributed by atoms with Crippen LogP contribution < -0.4 is 5.73 Å². The maximum Gasteiger partial charge on any atom is 0.00415 e. The highest BCUT2D eigenvalue weighted by molar-refractivity contribution is 4.75. The molecule has 2 aliphatic rings. The van der Waals surface area contributed by atoms with E-state index in [-0.39, 0.29) is 0 Å². The molecule has 0 spiro atoms. The lowest BCUT2D eigenvalue weighted by Gasteiger charge is -2.23. The lowest BCUT2D eigenvalue weighted by Crippen LogP contribution is -2.24. The van der Waals surface area contributed by atoms with E-state index in [0.717, 1.165) is 11.8 Å². The van der Waals surface area contributed by atoms with Crippen LogP contribution in [0.5, 0.6) is 0 Å². The number of rotatable bonds is 5. The molecule has 0 heterocycles. The summed E-state index contributed by atoms with van der Waals surface area (Å²) < 4.78 is 0. The summed E-state index contributed by atoms with van der Waals surface area (Å²) in [7, 11) is 0. The first-order chi connectivity index (χ1) is 7.84. The maximum atomic E-state index is 6.27. The summed E-state index contributed by atoms with van der Waals surface area (Å²) in [6.45, 7) is 0. The summed E-state index contributed by atoms with van der Waals surface area (Å²) in [5.74, 6) is 1.99. The van der Waals surface area contributed by atoms with Crippen LogP contribution in [0.15, 0.2) is 0 Å². The second kappa shape index (κ2) is 6.64. The topological polar surface area (TPSA) is 26.0 Å². The van der Waals surface area contributed by atoms with Gasteiger partial charge >= 0.3 is 0 Å². The molecular formula is C15H29N. The maximum absolute atomic E-state index is 6.27. The fraction of sp³-hybridized carbons (Fsp3) is 1.00. The Balaban J connectivity index is 1.57. The van der Waals surface area contributed by atoms with E-state index in [1.165, 1.54) is 77.0 Å². The Labute approximate surface area is 101 Å². The standard InChI is InChI=1S/C15H29N/c16-15(12-14-8-4-5-9-14)11-10-13-6-2-1-3-7-13/h13-15H,1-12,16H2. The van der Waals surface area contributed by atoms with Crippen molar-refractivity contribution in [1.82, 2.24) is 0 Å². The monoisotopic (exact) mass is 223 g/mol. The van der Waals surface area contributed by atoms with Crippen molar-refractivity contribution in [3.05, 3.63) is 0 Å². The Kier molecular flexibility index (Phi) is 5.15. The fourth-order valence-electron chi connectivity index (χ4n) is 3.72. The Bertz CT molecular complexity index is 178. The van der Waals surface area contributed by atoms with Crippen molar-refractivity contribution in [2.45, 2.75) is 83.1 Å². The zero-order valence-electron chi connectivity index (χ0n) is 10.8. The third-order valence-corrected chi connectivity index (χ3v) is 4.78. The molecule has 2 aliphatic carbocycles. The average molecular weight is 223 g/mol. The first-order valence-corrected chi connectivity index (χ1v) is 7.60. The van der Waals surface area contributed by atoms with Gasteiger partial charge in [0.1, 0.15) is 0 Å². The Hall–Kier alpha value is -0.0400. The molecule has 0 aliphatic heterocycles. The van der Waals surface area contributed by atoms with E-state index in [0.29, 0.717) is 6.04 Å². The van der Waals surface area contributed by atoms with Gasteiger partial charge in [0, 0.05) is 6.04 Å². The quantitative estimate of drug-likeness (QED) is 0.740. The van der Waals surface area contributed by atoms with E-state index in [1.54, 1.807) is 0 Å². The van der Waals surface area contributed by atoms with Gasteiger partial charge in [0.2, 0.25) is 0 Å². The van der Waals surface area contributed by atoms with Crippen molar-refractivity contribution in [2.24, 2.45) is 17.6 Å². The predicted octanol–water partition coefficient (Wildman–Crippen LogP) is 4.25. The highest BCUT2D eigenvalue weighted by Crippen LogP contribution is 2.31. The average Bonchev–Trinajstić information content (AvgIpc) is 2.81. The second-order valence-corrected chi connectivity index (χ2v) is 6.23. The Morgan fingerprint density at radius 3 is 2.06 bits per heavy atom. The van der Waals surface area contributed by atoms with Gasteiger partial charge in [-0.3, -0.25) is 0 Å². The second-order valence-electron chi connectivity index (χ2n) is 6.23. The number of hydrogen-bond acceptors (Lipinski definition) is 1. The van der Waals surface area contributed by atoms with Gasteiger partial charge in [-0.2, -0.15) is 0 Å². The van der Waals surface area contributed by atoms with E-state index in [1.807, 2.05) is 0 Å². The summed E-state index contributed by atoms with van der Waals surface area (Å²) in [5, 5.41) is 0. The zero-order valence-corrected chi connectivity index (χ0v) is 10.8. The molecule has 1 heteroatoms. The van der Waals surface area contributed by atoms with Crippen molar-refractivity contribution in [3.8, 4) is 0 Å². The van der Waals surface area contributed by atoms with Crippen molar-refractivity contribution in [1.29, 1.82) is 0 Å². The summed E-state index contributed by atoms with van der Waals surface area (Å²) in [6.07, 6.45) is 17.2. The SMILES string of the molecule is NC(CCC1CCCCC1)CC1CCCC1. The van der Waals surface area contributed by atoms with Gasteiger partial charge < -0.3 is 5.73 Å². The molecule has 94 valence electrons. The van der Waals surface area contributed by atoms with E-state index in [4.69, 9.17) is 5.73 Å². The minimum Gasteiger partial charge on any atom is -0.328 e. The van der Waals surface area contributed by atoms with Gasteiger partial charge in [-0.05, 0) is 31.1 Å². The molecule has 0 bridgehead atoms. The molecule has 0 amide bonds.